The Morgan fingerprint density at radius 1 is 1.30 bits per heavy atom. The molecule has 2 rings (SSSR count). The van der Waals surface area contributed by atoms with Crippen LogP contribution in [-0.4, -0.2) is 23.8 Å². The van der Waals surface area contributed by atoms with Gasteiger partial charge in [-0.15, -0.1) is 0 Å². The molecule has 1 amide bonds. The number of nitrogens with one attached hydrogen (secondary N) is 2. The minimum Gasteiger partial charge on any atom is -0.494 e. The number of amides is 1. The number of aromatic amines is 1. The van der Waals surface area contributed by atoms with Crippen LogP contribution in [0.15, 0.2) is 30.5 Å². The fraction of sp³-hybridized carbons (Fsp3) is 0.143. The summed E-state index contributed by atoms with van der Waals surface area (Å²) in [5.74, 6) is -0.822. The average Bonchev–Trinajstić information content (AvgIpc) is 2.90. The van der Waals surface area contributed by atoms with Crippen LogP contribution in [0.4, 0.5) is 10.1 Å². The molecule has 0 saturated heterocycles. The van der Waals surface area contributed by atoms with Crippen LogP contribution in [-0.2, 0) is 0 Å². The Kier molecular flexibility index (Phi) is 3.84. The molecule has 2 N–H and O–H groups in total. The molecule has 0 atom stereocenters. The van der Waals surface area contributed by atoms with E-state index in [4.69, 9.17) is 4.74 Å². The number of ether oxygens (including phenoxy) is 1. The van der Waals surface area contributed by atoms with Gasteiger partial charge in [0.05, 0.1) is 12.8 Å². The molecule has 0 spiro atoms. The highest BCUT2D eigenvalue weighted by atomic mass is 19.1. The maximum atomic E-state index is 13.1. The maximum Gasteiger partial charge on any atom is 0.272 e. The van der Waals surface area contributed by atoms with E-state index in [0.29, 0.717) is 11.3 Å². The van der Waals surface area contributed by atoms with Gasteiger partial charge in [0.15, 0.2) is 5.78 Å². The minimum atomic E-state index is -0.460. The number of Topliss-reactive ketones (excluding diaryl/α,β-unsaturated/α-hetero) is 1. The lowest BCUT2D eigenvalue weighted by Gasteiger charge is -2.09. The zero-order valence-electron chi connectivity index (χ0n) is 11.0. The number of aromatic nitrogens is 1. The molecule has 0 aliphatic rings. The highest BCUT2D eigenvalue weighted by molar-refractivity contribution is 6.05. The van der Waals surface area contributed by atoms with E-state index in [1.54, 1.807) is 0 Å². The first-order valence-corrected chi connectivity index (χ1v) is 5.85. The Morgan fingerprint density at radius 3 is 2.65 bits per heavy atom. The number of hydrogen-bond donors (Lipinski definition) is 2. The van der Waals surface area contributed by atoms with E-state index in [0.717, 1.165) is 0 Å². The molecule has 6 heteroatoms. The molecule has 2 aromatic rings. The normalized spacial score (nSPS) is 10.2. The van der Waals surface area contributed by atoms with Gasteiger partial charge in [-0.25, -0.2) is 4.39 Å². The number of ketones is 1. The molecule has 104 valence electrons. The Hall–Kier alpha value is -2.63. The molecule has 1 aromatic carbocycles. The summed E-state index contributed by atoms with van der Waals surface area (Å²) in [4.78, 5) is 25.9. The standard InChI is InChI=1S/C14H13FN2O3/c1-8(18)9-5-12(16-7-9)14(19)17-11-4-3-10(15)6-13(11)20-2/h3-7,16H,1-2H3,(H,17,19). The van der Waals surface area contributed by atoms with Crippen LogP contribution in [0.25, 0.3) is 0 Å². The number of H-pyrrole nitrogens is 1. The van der Waals surface area contributed by atoms with E-state index in [-0.39, 0.29) is 17.2 Å². The highest BCUT2D eigenvalue weighted by Gasteiger charge is 2.13. The van der Waals surface area contributed by atoms with E-state index >= 15 is 0 Å². The predicted molar refractivity (Wildman–Crippen MR) is 71.7 cm³/mol. The summed E-state index contributed by atoms with van der Waals surface area (Å²) in [7, 11) is 1.38. The first kappa shape index (κ1) is 13.8. The fourth-order valence-corrected chi connectivity index (χ4v) is 1.69. The first-order valence-electron chi connectivity index (χ1n) is 5.85. The Balaban J connectivity index is 2.20. The van der Waals surface area contributed by atoms with E-state index in [1.807, 2.05) is 0 Å². The summed E-state index contributed by atoms with van der Waals surface area (Å²) >= 11 is 0. The van der Waals surface area contributed by atoms with Crippen molar-refractivity contribution < 1.29 is 18.7 Å². The monoisotopic (exact) mass is 276 g/mol. The number of carbonyl (C=O) groups excluding carboxylic acids is 2. The predicted octanol–water partition coefficient (Wildman–Crippen LogP) is 2.62. The zero-order valence-corrected chi connectivity index (χ0v) is 11.0. The first-order chi connectivity index (χ1) is 9.51. The lowest BCUT2D eigenvalue weighted by Crippen LogP contribution is -2.13. The van der Waals surface area contributed by atoms with Crippen molar-refractivity contribution in [3.8, 4) is 5.75 Å². The summed E-state index contributed by atoms with van der Waals surface area (Å²) in [6.45, 7) is 1.41. The van der Waals surface area contributed by atoms with Crippen molar-refractivity contribution in [2.45, 2.75) is 6.92 Å². The van der Waals surface area contributed by atoms with Crippen molar-refractivity contribution in [2.24, 2.45) is 0 Å². The number of benzene rings is 1. The lowest BCUT2D eigenvalue weighted by molar-refractivity contribution is 0.101. The van der Waals surface area contributed by atoms with Gasteiger partial charge in [-0.2, -0.15) is 0 Å². The number of methoxy groups -OCH3 is 1. The van der Waals surface area contributed by atoms with Crippen LogP contribution in [0.1, 0.15) is 27.8 Å². The average molecular weight is 276 g/mol. The second-order valence-electron chi connectivity index (χ2n) is 4.16. The Morgan fingerprint density at radius 2 is 2.05 bits per heavy atom. The van der Waals surface area contributed by atoms with E-state index in [9.17, 15) is 14.0 Å². The van der Waals surface area contributed by atoms with Crippen LogP contribution >= 0.6 is 0 Å². The lowest BCUT2D eigenvalue weighted by atomic mass is 10.2. The fourth-order valence-electron chi connectivity index (χ4n) is 1.69. The van der Waals surface area contributed by atoms with Crippen molar-refractivity contribution in [2.75, 3.05) is 12.4 Å². The smallest absolute Gasteiger partial charge is 0.272 e. The molecule has 0 aliphatic carbocycles. The number of halogens is 1. The van der Waals surface area contributed by atoms with Gasteiger partial charge < -0.3 is 15.0 Å². The van der Waals surface area contributed by atoms with Crippen LogP contribution in [0, 0.1) is 5.82 Å². The Bertz CT molecular complexity index is 664. The molecule has 5 nitrogen and oxygen atoms in total. The molecule has 20 heavy (non-hydrogen) atoms. The summed E-state index contributed by atoms with van der Waals surface area (Å²) in [5, 5.41) is 2.58. The molecule has 0 saturated carbocycles. The van der Waals surface area contributed by atoms with E-state index in [2.05, 4.69) is 10.3 Å². The van der Waals surface area contributed by atoms with Gasteiger partial charge in [-0.05, 0) is 25.1 Å². The molecule has 0 bridgehead atoms. The number of carbonyl (C=O) groups is 2. The van der Waals surface area contributed by atoms with Crippen molar-refractivity contribution in [3.63, 3.8) is 0 Å². The van der Waals surface area contributed by atoms with Gasteiger partial charge in [0.2, 0.25) is 0 Å². The summed E-state index contributed by atoms with van der Waals surface area (Å²) in [6.07, 6.45) is 1.46. The summed E-state index contributed by atoms with van der Waals surface area (Å²) in [5.41, 5.74) is 1.00. The molecular formula is C14H13FN2O3. The topological polar surface area (TPSA) is 71.2 Å². The van der Waals surface area contributed by atoms with Gasteiger partial charge in [-0.1, -0.05) is 0 Å². The quantitative estimate of drug-likeness (QED) is 0.843. The number of hydrogen-bond acceptors (Lipinski definition) is 3. The molecular weight excluding hydrogens is 263 g/mol. The zero-order chi connectivity index (χ0) is 14.7. The van der Waals surface area contributed by atoms with Gasteiger partial charge in [0.1, 0.15) is 17.3 Å². The SMILES string of the molecule is COc1cc(F)ccc1NC(=O)c1cc(C(C)=O)c[nH]1. The van der Waals surface area contributed by atoms with Gasteiger partial charge >= 0.3 is 0 Å². The van der Waals surface area contributed by atoms with Gasteiger partial charge in [-0.3, -0.25) is 9.59 Å². The number of rotatable bonds is 4. The third-order valence-electron chi connectivity index (χ3n) is 2.75. The van der Waals surface area contributed by atoms with Crippen molar-refractivity contribution >= 4 is 17.4 Å². The van der Waals surface area contributed by atoms with Gasteiger partial charge in [0.25, 0.3) is 5.91 Å². The second kappa shape index (κ2) is 5.56. The summed E-state index contributed by atoms with van der Waals surface area (Å²) in [6, 6.07) is 5.24. The molecule has 1 heterocycles. The molecule has 1 aromatic heterocycles. The third kappa shape index (κ3) is 2.85. The van der Waals surface area contributed by atoms with E-state index in [1.165, 1.54) is 44.5 Å². The third-order valence-corrected chi connectivity index (χ3v) is 2.75. The molecule has 0 unspecified atom stereocenters. The van der Waals surface area contributed by atoms with Crippen LogP contribution < -0.4 is 10.1 Å². The molecule has 0 aliphatic heterocycles. The Labute approximate surface area is 114 Å². The molecule has 0 radical (unpaired) electrons. The number of anilines is 1. The van der Waals surface area contributed by atoms with E-state index < -0.39 is 11.7 Å². The highest BCUT2D eigenvalue weighted by Crippen LogP contribution is 2.25. The van der Waals surface area contributed by atoms with Gasteiger partial charge in [0, 0.05) is 17.8 Å². The van der Waals surface area contributed by atoms with Crippen molar-refractivity contribution in [1.29, 1.82) is 0 Å². The summed E-state index contributed by atoms with van der Waals surface area (Å²) < 4.78 is 18.0. The largest absolute Gasteiger partial charge is 0.494 e. The minimum absolute atomic E-state index is 0.139. The second-order valence-corrected chi connectivity index (χ2v) is 4.16. The van der Waals surface area contributed by atoms with Crippen LogP contribution in [0.5, 0.6) is 5.75 Å². The van der Waals surface area contributed by atoms with Crippen molar-refractivity contribution in [3.05, 3.63) is 47.5 Å². The van der Waals surface area contributed by atoms with Crippen LogP contribution in [0.2, 0.25) is 0 Å². The van der Waals surface area contributed by atoms with Crippen LogP contribution in [0.3, 0.4) is 0 Å². The molecule has 0 fully saturated rings. The maximum absolute atomic E-state index is 13.1. The van der Waals surface area contributed by atoms with Crippen molar-refractivity contribution in [1.82, 2.24) is 4.98 Å².